The van der Waals surface area contributed by atoms with Crippen LogP contribution in [0.15, 0.2) is 24.3 Å². The predicted molar refractivity (Wildman–Crippen MR) is 93.1 cm³/mol. The van der Waals surface area contributed by atoms with Gasteiger partial charge < -0.3 is 16.0 Å². The first-order chi connectivity index (χ1) is 10.5. The number of nitrogens with two attached hydrogens (primary N) is 1. The highest BCUT2D eigenvalue weighted by molar-refractivity contribution is 5.94. The second kappa shape index (κ2) is 7.63. The van der Waals surface area contributed by atoms with E-state index in [0.29, 0.717) is 12.3 Å². The monoisotopic (exact) mass is 303 g/mol. The van der Waals surface area contributed by atoms with Crippen LogP contribution in [0.5, 0.6) is 0 Å². The molecule has 1 fully saturated rings. The second-order valence-electron chi connectivity index (χ2n) is 6.94. The molecule has 4 heteroatoms. The van der Waals surface area contributed by atoms with Crippen molar-refractivity contribution in [1.29, 1.82) is 0 Å². The van der Waals surface area contributed by atoms with Gasteiger partial charge in [0.1, 0.15) is 0 Å². The van der Waals surface area contributed by atoms with Gasteiger partial charge in [-0.05, 0) is 55.4 Å². The molecule has 0 spiro atoms. The van der Waals surface area contributed by atoms with Crippen molar-refractivity contribution in [3.05, 3.63) is 24.3 Å². The van der Waals surface area contributed by atoms with Gasteiger partial charge in [0, 0.05) is 24.5 Å². The van der Waals surface area contributed by atoms with Crippen LogP contribution < -0.4 is 16.0 Å². The Kier molecular flexibility index (Phi) is 5.83. The minimum atomic E-state index is -0.441. The molecule has 3 N–H and O–H groups in total. The molecule has 0 bridgehead atoms. The molecule has 1 aromatic carbocycles. The molecule has 2 rings (SSSR count). The zero-order valence-corrected chi connectivity index (χ0v) is 14.0. The van der Waals surface area contributed by atoms with E-state index in [1.807, 2.05) is 12.1 Å². The predicted octanol–water partition coefficient (Wildman–Crippen LogP) is 3.23. The van der Waals surface area contributed by atoms with Crippen LogP contribution in [0.4, 0.5) is 11.4 Å². The Hall–Kier alpha value is -1.55. The quantitative estimate of drug-likeness (QED) is 0.878. The summed E-state index contributed by atoms with van der Waals surface area (Å²) < 4.78 is 0. The number of carbonyl (C=O) groups excluding carboxylic acids is 1. The zero-order valence-electron chi connectivity index (χ0n) is 14.0. The highest BCUT2D eigenvalue weighted by atomic mass is 16.2. The van der Waals surface area contributed by atoms with E-state index in [0.717, 1.165) is 24.7 Å². The van der Waals surface area contributed by atoms with E-state index < -0.39 is 6.04 Å². The maximum absolute atomic E-state index is 12.0. The lowest BCUT2D eigenvalue weighted by atomic mass is 9.99. The number of rotatable bonds is 5. The second-order valence-corrected chi connectivity index (χ2v) is 6.94. The Labute approximate surface area is 134 Å². The van der Waals surface area contributed by atoms with Gasteiger partial charge in [-0.1, -0.05) is 20.8 Å². The first kappa shape index (κ1) is 16.8. The van der Waals surface area contributed by atoms with Crippen LogP contribution in [0.25, 0.3) is 0 Å². The summed E-state index contributed by atoms with van der Waals surface area (Å²) >= 11 is 0. The molecule has 1 amide bonds. The van der Waals surface area contributed by atoms with E-state index >= 15 is 0 Å². The van der Waals surface area contributed by atoms with Crippen molar-refractivity contribution in [3.8, 4) is 0 Å². The normalized spacial score (nSPS) is 17.6. The third kappa shape index (κ3) is 4.73. The fraction of sp³-hybridized carbons (Fsp3) is 0.611. The van der Waals surface area contributed by atoms with Gasteiger partial charge in [-0.2, -0.15) is 0 Å². The lowest BCUT2D eigenvalue weighted by Crippen LogP contribution is -2.36. The van der Waals surface area contributed by atoms with Crippen LogP contribution in [0.3, 0.4) is 0 Å². The van der Waals surface area contributed by atoms with Crippen molar-refractivity contribution < 1.29 is 4.79 Å². The summed E-state index contributed by atoms with van der Waals surface area (Å²) in [7, 11) is 0. The Morgan fingerprint density at radius 3 is 2.41 bits per heavy atom. The van der Waals surface area contributed by atoms with Crippen LogP contribution in [-0.2, 0) is 4.79 Å². The van der Waals surface area contributed by atoms with E-state index in [-0.39, 0.29) is 5.91 Å². The summed E-state index contributed by atoms with van der Waals surface area (Å²) in [4.78, 5) is 14.4. The molecule has 0 aliphatic carbocycles. The highest BCUT2D eigenvalue weighted by Gasteiger charge is 2.17. The first-order valence-electron chi connectivity index (χ1n) is 8.37. The van der Waals surface area contributed by atoms with E-state index in [1.165, 1.54) is 18.5 Å². The lowest BCUT2D eigenvalue weighted by Gasteiger charge is -2.32. The number of anilines is 2. The summed E-state index contributed by atoms with van der Waals surface area (Å²) in [5, 5.41) is 2.90. The third-order valence-corrected chi connectivity index (χ3v) is 4.35. The molecular weight excluding hydrogens is 274 g/mol. The zero-order chi connectivity index (χ0) is 16.1. The number of nitrogens with one attached hydrogen (secondary N) is 1. The number of amides is 1. The number of piperidine rings is 1. The standard InChI is InChI=1S/C18H29N3O/c1-13(2)12-17(19)18(22)20-15-4-6-16(7-5-15)21-10-8-14(3)9-11-21/h4-7,13-14,17H,8-12,19H2,1-3H3,(H,20,22)/t17-/m0/s1. The minimum Gasteiger partial charge on any atom is -0.372 e. The first-order valence-corrected chi connectivity index (χ1v) is 8.37. The summed E-state index contributed by atoms with van der Waals surface area (Å²) in [5.41, 5.74) is 7.96. The van der Waals surface area contributed by atoms with Crippen LogP contribution in [0.2, 0.25) is 0 Å². The van der Waals surface area contributed by atoms with Crippen LogP contribution >= 0.6 is 0 Å². The lowest BCUT2D eigenvalue weighted by molar-refractivity contribution is -0.117. The molecule has 0 unspecified atom stereocenters. The van der Waals surface area contributed by atoms with Gasteiger partial charge in [0.05, 0.1) is 6.04 Å². The SMILES string of the molecule is CC(C)C[C@H](N)C(=O)Nc1ccc(N2CCC(C)CC2)cc1. The molecule has 1 aliphatic heterocycles. The van der Waals surface area contributed by atoms with Crippen molar-refractivity contribution in [2.24, 2.45) is 17.6 Å². The Morgan fingerprint density at radius 1 is 1.27 bits per heavy atom. The van der Waals surface area contributed by atoms with Crippen LogP contribution in [0.1, 0.15) is 40.0 Å². The summed E-state index contributed by atoms with van der Waals surface area (Å²) in [5.74, 6) is 1.15. The minimum absolute atomic E-state index is 0.103. The fourth-order valence-electron chi connectivity index (χ4n) is 2.87. The third-order valence-electron chi connectivity index (χ3n) is 4.35. The number of nitrogens with zero attached hydrogens (tertiary/aromatic N) is 1. The number of hydrogen-bond donors (Lipinski definition) is 2. The number of carbonyl (C=O) groups is 1. The molecule has 1 aliphatic rings. The molecule has 1 saturated heterocycles. The maximum Gasteiger partial charge on any atom is 0.241 e. The molecular formula is C18H29N3O. The topological polar surface area (TPSA) is 58.4 Å². The smallest absolute Gasteiger partial charge is 0.241 e. The van der Waals surface area contributed by atoms with Crippen molar-refractivity contribution in [1.82, 2.24) is 0 Å². The van der Waals surface area contributed by atoms with E-state index in [2.05, 4.69) is 43.1 Å². The fourth-order valence-corrected chi connectivity index (χ4v) is 2.87. The van der Waals surface area contributed by atoms with Gasteiger partial charge in [0.2, 0.25) is 5.91 Å². The van der Waals surface area contributed by atoms with Gasteiger partial charge >= 0.3 is 0 Å². The van der Waals surface area contributed by atoms with Crippen LogP contribution in [0, 0.1) is 11.8 Å². The molecule has 1 heterocycles. The average Bonchev–Trinajstić information content (AvgIpc) is 2.48. The highest BCUT2D eigenvalue weighted by Crippen LogP contribution is 2.24. The molecule has 0 saturated carbocycles. The van der Waals surface area contributed by atoms with Gasteiger partial charge in [-0.15, -0.1) is 0 Å². The molecule has 1 atom stereocenters. The van der Waals surface area contributed by atoms with E-state index in [4.69, 9.17) is 5.73 Å². The number of hydrogen-bond acceptors (Lipinski definition) is 3. The summed E-state index contributed by atoms with van der Waals surface area (Å²) in [6.45, 7) is 8.69. The Balaban J connectivity index is 1.90. The maximum atomic E-state index is 12.0. The van der Waals surface area contributed by atoms with Crippen molar-refractivity contribution in [3.63, 3.8) is 0 Å². The average molecular weight is 303 g/mol. The van der Waals surface area contributed by atoms with Crippen molar-refractivity contribution >= 4 is 17.3 Å². The molecule has 122 valence electrons. The van der Waals surface area contributed by atoms with E-state index in [9.17, 15) is 4.79 Å². The molecule has 1 aromatic rings. The molecule has 0 aromatic heterocycles. The Morgan fingerprint density at radius 2 is 1.86 bits per heavy atom. The number of benzene rings is 1. The van der Waals surface area contributed by atoms with Crippen LogP contribution in [-0.4, -0.2) is 25.0 Å². The van der Waals surface area contributed by atoms with Gasteiger partial charge in [0.15, 0.2) is 0 Å². The van der Waals surface area contributed by atoms with Crippen molar-refractivity contribution in [2.75, 3.05) is 23.3 Å². The molecule has 22 heavy (non-hydrogen) atoms. The van der Waals surface area contributed by atoms with Gasteiger partial charge in [0.25, 0.3) is 0 Å². The van der Waals surface area contributed by atoms with Crippen molar-refractivity contribution in [2.45, 2.75) is 46.1 Å². The summed E-state index contributed by atoms with van der Waals surface area (Å²) in [6.07, 6.45) is 3.21. The largest absolute Gasteiger partial charge is 0.372 e. The van der Waals surface area contributed by atoms with E-state index in [1.54, 1.807) is 0 Å². The summed E-state index contributed by atoms with van der Waals surface area (Å²) in [6, 6.07) is 7.66. The van der Waals surface area contributed by atoms with Gasteiger partial charge in [-0.3, -0.25) is 4.79 Å². The molecule has 0 radical (unpaired) electrons. The Bertz CT molecular complexity index is 476. The van der Waals surface area contributed by atoms with Gasteiger partial charge in [-0.25, -0.2) is 0 Å². The molecule has 4 nitrogen and oxygen atoms in total.